The zero-order valence-electron chi connectivity index (χ0n) is 8.22. The highest BCUT2D eigenvalue weighted by Gasteiger charge is 2.07. The highest BCUT2D eigenvalue weighted by molar-refractivity contribution is 7.99. The fourth-order valence-electron chi connectivity index (χ4n) is 1.20. The summed E-state index contributed by atoms with van der Waals surface area (Å²) in [5, 5.41) is 8.88. The second-order valence-corrected chi connectivity index (χ2v) is 4.10. The maximum absolute atomic E-state index is 13.4. The van der Waals surface area contributed by atoms with Gasteiger partial charge in [-0.05, 0) is 18.2 Å². The summed E-state index contributed by atoms with van der Waals surface area (Å²) in [4.78, 5) is 5.08. The molecule has 16 heavy (non-hydrogen) atoms. The molecule has 78 valence electrons. The molecule has 2 aromatic rings. The molecule has 1 heterocycles. The predicted molar refractivity (Wildman–Crippen MR) is 59.5 cm³/mol. The molecule has 1 aromatic carbocycles. The van der Waals surface area contributed by atoms with E-state index in [-0.39, 0.29) is 5.82 Å². The van der Waals surface area contributed by atoms with Crippen molar-refractivity contribution in [3.63, 3.8) is 0 Å². The van der Waals surface area contributed by atoms with E-state index < -0.39 is 0 Å². The zero-order valence-corrected chi connectivity index (χ0v) is 9.04. The second kappa shape index (κ2) is 4.77. The van der Waals surface area contributed by atoms with Gasteiger partial charge in [0.15, 0.2) is 0 Å². The first-order chi connectivity index (χ1) is 7.81. The molecular weight excluding hydrogens is 223 g/mol. The van der Waals surface area contributed by atoms with Crippen LogP contribution in [0.1, 0.15) is 5.56 Å². The number of nitrogens with zero attached hydrogens (tertiary/aromatic N) is 2. The number of hydrogen-bond acceptors (Lipinski definition) is 3. The minimum absolute atomic E-state index is 0.291. The first kappa shape index (κ1) is 10.7. The molecule has 0 spiro atoms. The normalized spacial score (nSPS) is 9.75. The smallest absolute Gasteiger partial charge is 0.137 e. The van der Waals surface area contributed by atoms with E-state index in [4.69, 9.17) is 5.26 Å². The Bertz CT molecular complexity index is 549. The van der Waals surface area contributed by atoms with Crippen molar-refractivity contribution in [1.82, 2.24) is 4.98 Å². The Morgan fingerprint density at radius 2 is 2.00 bits per heavy atom. The Labute approximate surface area is 96.8 Å². The average Bonchev–Trinajstić information content (AvgIpc) is 2.33. The number of nitriles is 1. The van der Waals surface area contributed by atoms with Crippen LogP contribution in [0.3, 0.4) is 0 Å². The van der Waals surface area contributed by atoms with Crippen molar-refractivity contribution in [2.24, 2.45) is 0 Å². The van der Waals surface area contributed by atoms with Crippen LogP contribution in [0.5, 0.6) is 0 Å². The number of rotatable bonds is 2. The van der Waals surface area contributed by atoms with Crippen molar-refractivity contribution in [3.8, 4) is 6.07 Å². The molecule has 2 nitrogen and oxygen atoms in total. The van der Waals surface area contributed by atoms with Gasteiger partial charge in [-0.15, -0.1) is 0 Å². The summed E-state index contributed by atoms with van der Waals surface area (Å²) in [6.45, 7) is 0. The van der Waals surface area contributed by atoms with Gasteiger partial charge in [-0.25, -0.2) is 4.39 Å². The lowest BCUT2D eigenvalue weighted by Gasteiger charge is -2.03. The lowest BCUT2D eigenvalue weighted by molar-refractivity contribution is 0.602. The maximum Gasteiger partial charge on any atom is 0.137 e. The van der Waals surface area contributed by atoms with Gasteiger partial charge in [0.25, 0.3) is 0 Å². The van der Waals surface area contributed by atoms with Crippen LogP contribution < -0.4 is 0 Å². The molecule has 0 saturated heterocycles. The van der Waals surface area contributed by atoms with Crippen LogP contribution in [-0.2, 0) is 0 Å². The van der Waals surface area contributed by atoms with Crippen molar-refractivity contribution < 1.29 is 4.39 Å². The van der Waals surface area contributed by atoms with Gasteiger partial charge in [0.2, 0.25) is 0 Å². The van der Waals surface area contributed by atoms with Crippen molar-refractivity contribution in [2.75, 3.05) is 0 Å². The Morgan fingerprint density at radius 1 is 1.19 bits per heavy atom. The molecule has 0 N–H and O–H groups in total. The largest absolute Gasteiger partial charge is 0.263 e. The third kappa shape index (κ3) is 2.20. The minimum Gasteiger partial charge on any atom is -0.263 e. The molecule has 0 bridgehead atoms. The molecule has 2 rings (SSSR count). The SMILES string of the molecule is N#Cc1ccncc1Sc1ccccc1F. The molecule has 1 aromatic heterocycles. The highest BCUT2D eigenvalue weighted by Crippen LogP contribution is 2.30. The second-order valence-electron chi connectivity index (χ2n) is 3.02. The van der Waals surface area contributed by atoms with Gasteiger partial charge < -0.3 is 0 Å². The Hall–Kier alpha value is -1.86. The molecule has 0 amide bonds. The minimum atomic E-state index is -0.291. The molecule has 0 atom stereocenters. The molecule has 0 fully saturated rings. The molecular formula is C12H7FN2S. The van der Waals surface area contributed by atoms with Gasteiger partial charge in [-0.2, -0.15) is 5.26 Å². The van der Waals surface area contributed by atoms with Gasteiger partial charge in [0, 0.05) is 22.2 Å². The summed E-state index contributed by atoms with van der Waals surface area (Å²) in [5.74, 6) is -0.291. The van der Waals surface area contributed by atoms with Crippen LogP contribution in [0.2, 0.25) is 0 Å². The van der Waals surface area contributed by atoms with E-state index in [2.05, 4.69) is 11.1 Å². The number of hydrogen-bond donors (Lipinski definition) is 0. The van der Waals surface area contributed by atoms with Crippen LogP contribution in [0, 0.1) is 17.1 Å². The lowest BCUT2D eigenvalue weighted by atomic mass is 10.3. The first-order valence-corrected chi connectivity index (χ1v) is 5.39. The fraction of sp³-hybridized carbons (Fsp3) is 0. The van der Waals surface area contributed by atoms with E-state index in [0.29, 0.717) is 15.4 Å². The van der Waals surface area contributed by atoms with Gasteiger partial charge in [-0.3, -0.25) is 4.98 Å². The van der Waals surface area contributed by atoms with Gasteiger partial charge in [0.05, 0.1) is 5.56 Å². The van der Waals surface area contributed by atoms with Crippen molar-refractivity contribution in [1.29, 1.82) is 5.26 Å². The topological polar surface area (TPSA) is 36.7 Å². The summed E-state index contributed by atoms with van der Waals surface area (Å²) < 4.78 is 13.4. The summed E-state index contributed by atoms with van der Waals surface area (Å²) >= 11 is 1.21. The third-order valence-corrected chi connectivity index (χ3v) is 3.06. The van der Waals surface area contributed by atoms with Crippen molar-refractivity contribution in [2.45, 2.75) is 9.79 Å². The number of halogens is 1. The lowest BCUT2D eigenvalue weighted by Crippen LogP contribution is -1.85. The standard InChI is InChI=1S/C12H7FN2S/c13-10-3-1-2-4-11(10)16-12-8-15-6-5-9(12)7-14/h1-6,8H. The van der Waals surface area contributed by atoms with Crippen LogP contribution in [0.25, 0.3) is 0 Å². The molecule has 0 saturated carbocycles. The van der Waals surface area contributed by atoms with Crippen LogP contribution >= 0.6 is 11.8 Å². The van der Waals surface area contributed by atoms with Crippen LogP contribution in [0.4, 0.5) is 4.39 Å². The first-order valence-electron chi connectivity index (χ1n) is 4.58. The fourth-order valence-corrected chi connectivity index (χ4v) is 2.09. The van der Waals surface area contributed by atoms with E-state index in [1.807, 2.05) is 0 Å². The Balaban J connectivity index is 2.35. The Kier molecular flexibility index (Phi) is 3.18. The number of aromatic nitrogens is 1. The average molecular weight is 230 g/mol. The van der Waals surface area contributed by atoms with Crippen LogP contribution in [0.15, 0.2) is 52.5 Å². The maximum atomic E-state index is 13.4. The molecule has 0 aliphatic rings. The molecule has 0 radical (unpaired) electrons. The summed E-state index contributed by atoms with van der Waals surface area (Å²) in [7, 11) is 0. The summed E-state index contributed by atoms with van der Waals surface area (Å²) in [5.41, 5.74) is 0.503. The van der Waals surface area contributed by atoms with Crippen molar-refractivity contribution in [3.05, 3.63) is 54.1 Å². The third-order valence-electron chi connectivity index (χ3n) is 1.96. The predicted octanol–water partition coefficient (Wildman–Crippen LogP) is 3.24. The van der Waals surface area contributed by atoms with Gasteiger partial charge >= 0.3 is 0 Å². The highest BCUT2D eigenvalue weighted by atomic mass is 32.2. The number of pyridine rings is 1. The summed E-state index contributed by atoms with van der Waals surface area (Å²) in [6.07, 6.45) is 3.11. The van der Waals surface area contributed by atoms with Crippen LogP contribution in [-0.4, -0.2) is 4.98 Å². The Morgan fingerprint density at radius 3 is 2.75 bits per heavy atom. The molecule has 0 aliphatic carbocycles. The molecule has 4 heteroatoms. The quantitative estimate of drug-likeness (QED) is 0.794. The molecule has 0 unspecified atom stereocenters. The zero-order chi connectivity index (χ0) is 11.4. The summed E-state index contributed by atoms with van der Waals surface area (Å²) in [6, 6.07) is 10.1. The van der Waals surface area contributed by atoms with E-state index in [1.54, 1.807) is 36.7 Å². The van der Waals surface area contributed by atoms with Crippen molar-refractivity contribution >= 4 is 11.8 Å². The monoisotopic (exact) mass is 230 g/mol. The van der Waals surface area contributed by atoms with Gasteiger partial charge in [0.1, 0.15) is 11.9 Å². The number of benzene rings is 1. The molecule has 0 aliphatic heterocycles. The van der Waals surface area contributed by atoms with E-state index in [1.165, 1.54) is 17.8 Å². The van der Waals surface area contributed by atoms with E-state index in [0.717, 1.165) is 0 Å². The van der Waals surface area contributed by atoms with E-state index in [9.17, 15) is 4.39 Å². The van der Waals surface area contributed by atoms with E-state index >= 15 is 0 Å². The van der Waals surface area contributed by atoms with Gasteiger partial charge in [-0.1, -0.05) is 23.9 Å².